The van der Waals surface area contributed by atoms with Gasteiger partial charge in [0.15, 0.2) is 5.69 Å². The predicted molar refractivity (Wildman–Crippen MR) is 132 cm³/mol. The monoisotopic (exact) mass is 484 g/mol. The fourth-order valence-electron chi connectivity index (χ4n) is 4.54. The molecule has 2 heterocycles. The Labute approximate surface area is 202 Å². The molecule has 0 fully saturated rings. The van der Waals surface area contributed by atoms with Crippen LogP contribution >= 0.6 is 0 Å². The maximum Gasteiger partial charge on any atom is 0.276 e. The zero-order valence-electron chi connectivity index (χ0n) is 19.8. The second kappa shape index (κ2) is 10.2. The highest BCUT2D eigenvalue weighted by molar-refractivity contribution is 7.76. The number of carbonyl (C=O) groups is 1. The number of nitrogens with zero attached hydrogens (tertiary/aromatic N) is 4. The van der Waals surface area contributed by atoms with E-state index in [0.717, 1.165) is 36.1 Å². The first-order valence-electron chi connectivity index (χ1n) is 11.6. The summed E-state index contributed by atoms with van der Waals surface area (Å²) in [5, 5.41) is 14.8. The molecule has 0 radical (unpaired) electrons. The lowest BCUT2D eigenvalue weighted by Gasteiger charge is -2.28. The molecular formula is C24H32N6O3S. The summed E-state index contributed by atoms with van der Waals surface area (Å²) in [5.74, 6) is -0.249. The van der Waals surface area contributed by atoms with Gasteiger partial charge in [0.1, 0.15) is 0 Å². The van der Waals surface area contributed by atoms with E-state index >= 15 is 0 Å². The minimum Gasteiger partial charge on any atom is -0.318 e. The van der Waals surface area contributed by atoms with Gasteiger partial charge in [0, 0.05) is 30.5 Å². The molecule has 4 rings (SSSR count). The molecule has 2 aromatic heterocycles. The van der Waals surface area contributed by atoms with Crippen molar-refractivity contribution in [3.8, 4) is 0 Å². The molecule has 1 aromatic carbocycles. The molecule has 0 aliphatic heterocycles. The number of aromatic nitrogens is 4. The number of aromatic amines is 1. The Bertz CT molecular complexity index is 1160. The first-order valence-corrected chi connectivity index (χ1v) is 12.7. The van der Waals surface area contributed by atoms with Gasteiger partial charge in [-0.25, -0.2) is 8.51 Å². The lowest BCUT2D eigenvalue weighted by Crippen LogP contribution is -2.28. The molecule has 0 spiro atoms. The first-order chi connectivity index (χ1) is 16.3. The average Bonchev–Trinajstić information content (AvgIpc) is 3.43. The number of anilines is 1. The third-order valence-electron chi connectivity index (χ3n) is 6.46. The van der Waals surface area contributed by atoms with Gasteiger partial charge in [-0.2, -0.15) is 10.2 Å². The highest BCUT2D eigenvalue weighted by atomic mass is 32.2. The molecule has 1 amide bonds. The van der Waals surface area contributed by atoms with Crippen LogP contribution in [0.1, 0.15) is 67.0 Å². The van der Waals surface area contributed by atoms with Crippen LogP contribution in [0.4, 0.5) is 5.69 Å². The number of hydrogen-bond acceptors (Lipinski definition) is 4. The van der Waals surface area contributed by atoms with Gasteiger partial charge in [-0.05, 0) is 36.7 Å². The summed E-state index contributed by atoms with van der Waals surface area (Å²) < 4.78 is 24.3. The van der Waals surface area contributed by atoms with Crippen molar-refractivity contribution in [3.05, 3.63) is 65.2 Å². The number of hydrogen-bond donors (Lipinski definition) is 3. The maximum absolute atomic E-state index is 13.0. The predicted octanol–water partition coefficient (Wildman–Crippen LogP) is 3.81. The van der Waals surface area contributed by atoms with Crippen LogP contribution in [-0.4, -0.2) is 52.0 Å². The SMILES string of the molecule is CCN(CCC(c1ccccc1)n1cc(NC(=O)c2n[nH]c3c2CCC(C)(C)C3)cn1)S(=O)O. The van der Waals surface area contributed by atoms with Crippen molar-refractivity contribution in [1.82, 2.24) is 24.3 Å². The summed E-state index contributed by atoms with van der Waals surface area (Å²) in [5.41, 5.74) is 4.31. The van der Waals surface area contributed by atoms with Crippen LogP contribution in [0.15, 0.2) is 42.7 Å². The highest BCUT2D eigenvalue weighted by Gasteiger charge is 2.30. The highest BCUT2D eigenvalue weighted by Crippen LogP contribution is 2.35. The fourth-order valence-corrected chi connectivity index (χ4v) is 5.02. The van der Waals surface area contributed by atoms with Crippen LogP contribution < -0.4 is 5.32 Å². The van der Waals surface area contributed by atoms with E-state index in [4.69, 9.17) is 0 Å². The molecule has 3 N–H and O–H groups in total. The van der Waals surface area contributed by atoms with Gasteiger partial charge in [-0.3, -0.25) is 19.1 Å². The lowest BCUT2D eigenvalue weighted by molar-refractivity contribution is 0.102. The Balaban J connectivity index is 1.50. The smallest absolute Gasteiger partial charge is 0.276 e. The van der Waals surface area contributed by atoms with E-state index in [1.54, 1.807) is 17.1 Å². The molecule has 0 saturated heterocycles. The summed E-state index contributed by atoms with van der Waals surface area (Å²) in [7, 11) is 0. The molecule has 9 nitrogen and oxygen atoms in total. The number of carbonyl (C=O) groups excluding carboxylic acids is 1. The topological polar surface area (TPSA) is 116 Å². The van der Waals surface area contributed by atoms with Gasteiger partial charge < -0.3 is 5.32 Å². The number of amides is 1. The number of nitrogens with one attached hydrogen (secondary N) is 2. The minimum atomic E-state index is -2.02. The molecule has 1 aliphatic rings. The summed E-state index contributed by atoms with van der Waals surface area (Å²) in [6.45, 7) is 7.20. The van der Waals surface area contributed by atoms with Gasteiger partial charge in [-0.1, -0.05) is 51.1 Å². The third kappa shape index (κ3) is 5.45. The quantitative estimate of drug-likeness (QED) is 0.399. The van der Waals surface area contributed by atoms with Crippen molar-refractivity contribution in [2.75, 3.05) is 18.4 Å². The van der Waals surface area contributed by atoms with Crippen molar-refractivity contribution in [2.45, 2.75) is 52.5 Å². The second-order valence-electron chi connectivity index (χ2n) is 9.50. The van der Waals surface area contributed by atoms with Gasteiger partial charge in [-0.15, -0.1) is 0 Å². The summed E-state index contributed by atoms with van der Waals surface area (Å²) in [4.78, 5) is 13.0. The minimum absolute atomic E-state index is 0.148. The van der Waals surface area contributed by atoms with Crippen LogP contribution in [0.5, 0.6) is 0 Å². The largest absolute Gasteiger partial charge is 0.318 e. The van der Waals surface area contributed by atoms with Gasteiger partial charge in [0.05, 0.1) is 17.9 Å². The molecule has 2 unspecified atom stereocenters. The zero-order chi connectivity index (χ0) is 24.3. The standard InChI is InChI=1S/C24H32N6O3S/c1-4-29(34(32)33)13-11-21(17-8-6-5-7-9-17)30-16-18(15-25-30)26-23(31)22-19-10-12-24(2,3)14-20(19)27-28-22/h5-9,15-16,21H,4,10-14H2,1-3H3,(H,26,31)(H,27,28)(H,32,33). The average molecular weight is 485 g/mol. The molecule has 0 bridgehead atoms. The van der Waals surface area contributed by atoms with Crippen LogP contribution in [-0.2, 0) is 24.1 Å². The van der Waals surface area contributed by atoms with Crippen molar-refractivity contribution >= 4 is 22.9 Å². The summed E-state index contributed by atoms with van der Waals surface area (Å²) in [6.07, 6.45) is 6.73. The van der Waals surface area contributed by atoms with E-state index in [2.05, 4.69) is 34.5 Å². The molecule has 1 aliphatic carbocycles. The number of benzene rings is 1. The van der Waals surface area contributed by atoms with Gasteiger partial charge in [0.2, 0.25) is 11.3 Å². The third-order valence-corrected chi connectivity index (χ3v) is 7.35. The number of rotatable bonds is 9. The van der Waals surface area contributed by atoms with E-state index in [0.29, 0.717) is 30.9 Å². The zero-order valence-corrected chi connectivity index (χ0v) is 20.6. The fraction of sp³-hybridized carbons (Fsp3) is 0.458. The van der Waals surface area contributed by atoms with E-state index in [9.17, 15) is 13.6 Å². The Hall–Kier alpha value is -2.82. The molecule has 10 heteroatoms. The summed E-state index contributed by atoms with van der Waals surface area (Å²) >= 11 is -2.02. The van der Waals surface area contributed by atoms with Crippen molar-refractivity contribution in [2.24, 2.45) is 5.41 Å². The van der Waals surface area contributed by atoms with E-state index < -0.39 is 11.3 Å². The molecule has 3 aromatic rings. The normalized spacial score (nSPS) is 16.7. The van der Waals surface area contributed by atoms with Gasteiger partial charge >= 0.3 is 0 Å². The van der Waals surface area contributed by atoms with Crippen LogP contribution in [0, 0.1) is 5.41 Å². The van der Waals surface area contributed by atoms with E-state index in [1.165, 1.54) is 4.31 Å². The molecule has 182 valence electrons. The number of fused-ring (bicyclic) bond motifs is 1. The van der Waals surface area contributed by atoms with Crippen molar-refractivity contribution < 1.29 is 13.6 Å². The Morgan fingerprint density at radius 3 is 2.82 bits per heavy atom. The Kier molecular flexibility index (Phi) is 7.30. The molecular weight excluding hydrogens is 452 g/mol. The van der Waals surface area contributed by atoms with E-state index in [-0.39, 0.29) is 17.4 Å². The Morgan fingerprint density at radius 1 is 1.35 bits per heavy atom. The van der Waals surface area contributed by atoms with Crippen LogP contribution in [0.3, 0.4) is 0 Å². The van der Waals surface area contributed by atoms with Gasteiger partial charge in [0.25, 0.3) is 5.91 Å². The molecule has 2 atom stereocenters. The molecule has 0 saturated carbocycles. The van der Waals surface area contributed by atoms with Crippen molar-refractivity contribution in [3.63, 3.8) is 0 Å². The van der Waals surface area contributed by atoms with Crippen LogP contribution in [0.25, 0.3) is 0 Å². The Morgan fingerprint density at radius 2 is 2.12 bits per heavy atom. The maximum atomic E-state index is 13.0. The number of H-pyrrole nitrogens is 1. The van der Waals surface area contributed by atoms with E-state index in [1.807, 2.05) is 37.3 Å². The molecule has 34 heavy (non-hydrogen) atoms. The lowest BCUT2D eigenvalue weighted by atomic mass is 9.76. The summed E-state index contributed by atoms with van der Waals surface area (Å²) in [6, 6.07) is 9.73. The van der Waals surface area contributed by atoms with Crippen LogP contribution in [0.2, 0.25) is 0 Å². The first kappa shape index (κ1) is 24.3. The second-order valence-corrected chi connectivity index (χ2v) is 10.5. The van der Waals surface area contributed by atoms with Crippen molar-refractivity contribution in [1.29, 1.82) is 0 Å².